The Morgan fingerprint density at radius 3 is 1.98 bits per heavy atom. The Kier molecular flexibility index (Phi) is 15.6. The Bertz CT molecular complexity index is 1340. The predicted octanol–water partition coefficient (Wildman–Crippen LogP) is 0.372. The fourth-order valence-corrected chi connectivity index (χ4v) is 9.08. The standard InChI is InChI=1S/C40H69NO16/c1-17-14-40(16-51-40)36(47)20(4)29(43)19(3)23(7)54-37(48)22(6)34(55-28-13-27(49-11)30(44)24(8)53-28)21(5)33(17)56-39-35(25(41(9)10)12-18(2)52-39)57-38-32(46)31(45)26(42)15-50-38/h17-35,38-39,42-46H,12-16H2,1-11H3/t17-,18+,19-,20+,21+,22+,23+,24-,25-,26+,27-,28-,29-,30-,31-,32+,33-,34-,35+,38-,39-,40-/m0/s1. The van der Waals surface area contributed by atoms with E-state index >= 15 is 0 Å². The summed E-state index contributed by atoms with van der Waals surface area (Å²) >= 11 is 0. The molecule has 22 atom stereocenters. The molecule has 330 valence electrons. The maximum Gasteiger partial charge on any atom is 0.311 e. The number of nitrogens with zero attached hydrogens (tertiary/aromatic N) is 1. The lowest BCUT2D eigenvalue weighted by Crippen LogP contribution is -2.61. The average molecular weight is 820 g/mol. The number of cyclic esters (lactones) is 1. The minimum atomic E-state index is -1.57. The van der Waals surface area contributed by atoms with E-state index in [1.807, 2.05) is 39.8 Å². The van der Waals surface area contributed by atoms with Crippen molar-refractivity contribution in [2.45, 2.75) is 178 Å². The topological polar surface area (TPSA) is 225 Å². The third kappa shape index (κ3) is 10.2. The lowest BCUT2D eigenvalue weighted by molar-refractivity contribution is -0.345. The van der Waals surface area contributed by atoms with Crippen LogP contribution in [0.1, 0.15) is 74.7 Å². The molecule has 5 aliphatic rings. The minimum Gasteiger partial charge on any atom is -0.462 e. The molecule has 0 bridgehead atoms. The molecular formula is C40H69NO16. The van der Waals surface area contributed by atoms with Crippen LogP contribution >= 0.6 is 0 Å². The van der Waals surface area contributed by atoms with Gasteiger partial charge in [0.1, 0.15) is 36.6 Å². The Morgan fingerprint density at radius 1 is 0.719 bits per heavy atom. The number of aliphatic hydroxyl groups excluding tert-OH is 5. The van der Waals surface area contributed by atoms with Crippen molar-refractivity contribution in [2.24, 2.45) is 29.6 Å². The van der Waals surface area contributed by atoms with Crippen LogP contribution in [-0.2, 0) is 52.2 Å². The maximum absolute atomic E-state index is 14.1. The third-order valence-electron chi connectivity index (χ3n) is 13.1. The van der Waals surface area contributed by atoms with Crippen LogP contribution in [0, 0.1) is 29.6 Å². The highest BCUT2D eigenvalue weighted by Gasteiger charge is 2.57. The fraction of sp³-hybridized carbons (Fsp3) is 0.950. The van der Waals surface area contributed by atoms with Gasteiger partial charge in [-0.2, -0.15) is 0 Å². The monoisotopic (exact) mass is 819 g/mol. The molecule has 5 rings (SSSR count). The van der Waals surface area contributed by atoms with Crippen molar-refractivity contribution < 1.29 is 77.8 Å². The number of hydrogen-bond acceptors (Lipinski definition) is 17. The van der Waals surface area contributed by atoms with Crippen LogP contribution < -0.4 is 0 Å². The first-order chi connectivity index (χ1) is 26.7. The summed E-state index contributed by atoms with van der Waals surface area (Å²) in [7, 11) is 5.26. The molecule has 5 saturated heterocycles. The van der Waals surface area contributed by atoms with Crippen LogP contribution in [0.2, 0.25) is 0 Å². The first-order valence-corrected chi connectivity index (χ1v) is 20.6. The van der Waals surface area contributed by atoms with E-state index < -0.39 is 127 Å². The number of likely N-dealkylation sites (N-methyl/N-ethyl adjacent to an activating group) is 1. The quantitative estimate of drug-likeness (QED) is 0.165. The van der Waals surface area contributed by atoms with Gasteiger partial charge in [-0.3, -0.25) is 9.59 Å². The van der Waals surface area contributed by atoms with E-state index in [2.05, 4.69) is 0 Å². The van der Waals surface area contributed by atoms with Gasteiger partial charge in [0.05, 0.1) is 55.8 Å². The van der Waals surface area contributed by atoms with Crippen LogP contribution in [0.4, 0.5) is 0 Å². The fourth-order valence-electron chi connectivity index (χ4n) is 9.08. The molecule has 0 aliphatic carbocycles. The number of ketones is 1. The number of hydrogen-bond donors (Lipinski definition) is 5. The van der Waals surface area contributed by atoms with E-state index in [-0.39, 0.29) is 44.0 Å². The summed E-state index contributed by atoms with van der Waals surface area (Å²) in [6.45, 7) is 14.1. The predicted molar refractivity (Wildman–Crippen MR) is 200 cm³/mol. The zero-order valence-corrected chi connectivity index (χ0v) is 35.3. The summed E-state index contributed by atoms with van der Waals surface area (Å²) in [6.07, 6.45) is -13.8. The van der Waals surface area contributed by atoms with Crippen molar-refractivity contribution in [3.05, 3.63) is 0 Å². The van der Waals surface area contributed by atoms with Gasteiger partial charge in [0.25, 0.3) is 0 Å². The smallest absolute Gasteiger partial charge is 0.311 e. The number of carbonyl (C=O) groups excluding carboxylic acids is 2. The number of aliphatic hydroxyl groups is 5. The van der Waals surface area contributed by atoms with E-state index in [4.69, 9.17) is 42.6 Å². The number of esters is 1. The van der Waals surface area contributed by atoms with Gasteiger partial charge < -0.3 is 73.1 Å². The highest BCUT2D eigenvalue weighted by atomic mass is 16.7. The number of epoxide rings is 1. The molecule has 0 aromatic heterocycles. The highest BCUT2D eigenvalue weighted by Crippen LogP contribution is 2.44. The minimum absolute atomic E-state index is 0.161. The van der Waals surface area contributed by atoms with Gasteiger partial charge in [-0.15, -0.1) is 0 Å². The SMILES string of the molecule is CO[C@H]1C[C@H](O[C@H]2[C@H](C)[C@@H](O[C@@H]3O[C@H](C)C[C@H](N(C)C)[C@H]3O[C@@H]3OC[C@@H](O)[C@H](O)[C@H]3O)[C@@H](C)C[C@]3(CO3)C(=O)[C@H](C)[C@@H](O)[C@@H](C)[C@@H](C)OC(=O)[C@@H]2C)O[C@@H](C)[C@@H]1O. The van der Waals surface area contributed by atoms with Crippen LogP contribution in [0.5, 0.6) is 0 Å². The number of rotatable bonds is 8. The van der Waals surface area contributed by atoms with Gasteiger partial charge in [-0.05, 0) is 60.5 Å². The maximum atomic E-state index is 14.1. The van der Waals surface area contributed by atoms with Gasteiger partial charge in [-0.1, -0.05) is 27.7 Å². The lowest BCUT2D eigenvalue weighted by Gasteiger charge is -2.48. The Balaban J connectivity index is 1.56. The van der Waals surface area contributed by atoms with Crippen molar-refractivity contribution in [1.82, 2.24) is 4.90 Å². The van der Waals surface area contributed by atoms with Crippen LogP contribution in [-0.4, -0.2) is 180 Å². The summed E-state index contributed by atoms with van der Waals surface area (Å²) in [5, 5.41) is 53.6. The first-order valence-electron chi connectivity index (χ1n) is 20.6. The van der Waals surface area contributed by atoms with Crippen LogP contribution in [0.25, 0.3) is 0 Å². The van der Waals surface area contributed by atoms with Gasteiger partial charge in [-0.25, -0.2) is 0 Å². The van der Waals surface area contributed by atoms with Gasteiger partial charge in [0.15, 0.2) is 30.3 Å². The van der Waals surface area contributed by atoms with Crippen molar-refractivity contribution in [1.29, 1.82) is 0 Å². The Morgan fingerprint density at radius 2 is 1.37 bits per heavy atom. The molecule has 17 heteroatoms. The molecule has 0 aromatic rings. The lowest BCUT2D eigenvalue weighted by atomic mass is 9.76. The molecule has 57 heavy (non-hydrogen) atoms. The molecule has 5 fully saturated rings. The third-order valence-corrected chi connectivity index (χ3v) is 13.1. The molecule has 1 spiro atoms. The van der Waals surface area contributed by atoms with Crippen molar-refractivity contribution in [3.8, 4) is 0 Å². The molecular weight excluding hydrogens is 750 g/mol. The van der Waals surface area contributed by atoms with Crippen molar-refractivity contribution in [2.75, 3.05) is 34.4 Å². The summed E-state index contributed by atoms with van der Waals surface area (Å²) in [4.78, 5) is 30.2. The molecule has 0 aromatic carbocycles. The molecule has 0 amide bonds. The number of ether oxygens (including phenoxy) is 9. The molecule has 0 radical (unpaired) electrons. The summed E-state index contributed by atoms with van der Waals surface area (Å²) < 4.78 is 56.0. The second-order valence-corrected chi connectivity index (χ2v) is 17.7. The summed E-state index contributed by atoms with van der Waals surface area (Å²) in [6, 6.07) is -0.330. The molecule has 5 heterocycles. The second-order valence-electron chi connectivity index (χ2n) is 17.7. The average Bonchev–Trinajstić information content (AvgIpc) is 3.95. The van der Waals surface area contributed by atoms with Crippen molar-refractivity contribution in [3.63, 3.8) is 0 Å². The number of methoxy groups -OCH3 is 1. The molecule has 17 nitrogen and oxygen atoms in total. The van der Waals surface area contributed by atoms with E-state index in [1.54, 1.807) is 34.6 Å². The zero-order chi connectivity index (χ0) is 42.3. The first kappa shape index (κ1) is 46.6. The van der Waals surface area contributed by atoms with E-state index in [0.717, 1.165) is 0 Å². The van der Waals surface area contributed by atoms with E-state index in [0.29, 0.717) is 6.42 Å². The number of Topliss-reactive ketones (excluding diaryl/α,β-unsaturated/α-hetero) is 1. The molecule has 0 unspecified atom stereocenters. The Hall–Kier alpha value is -1.42. The molecule has 0 saturated carbocycles. The normalized spacial score (nSPS) is 50.7. The molecule has 5 N–H and O–H groups in total. The number of carbonyl (C=O) groups is 2. The summed E-state index contributed by atoms with van der Waals surface area (Å²) in [5.74, 6) is -4.25. The summed E-state index contributed by atoms with van der Waals surface area (Å²) in [5.41, 5.74) is -1.18. The van der Waals surface area contributed by atoms with Gasteiger partial charge >= 0.3 is 5.97 Å². The van der Waals surface area contributed by atoms with Gasteiger partial charge in [0, 0.05) is 37.3 Å². The van der Waals surface area contributed by atoms with Crippen LogP contribution in [0.15, 0.2) is 0 Å². The van der Waals surface area contributed by atoms with E-state index in [1.165, 1.54) is 7.11 Å². The Labute approximate surface area is 336 Å². The second kappa shape index (κ2) is 19.1. The van der Waals surface area contributed by atoms with Crippen LogP contribution in [0.3, 0.4) is 0 Å². The highest BCUT2D eigenvalue weighted by molar-refractivity contribution is 5.92. The zero-order valence-electron chi connectivity index (χ0n) is 35.3. The van der Waals surface area contributed by atoms with Crippen molar-refractivity contribution >= 4 is 11.8 Å². The largest absolute Gasteiger partial charge is 0.462 e. The molecule has 5 aliphatic heterocycles. The van der Waals surface area contributed by atoms with E-state index in [9.17, 15) is 35.1 Å². The van der Waals surface area contributed by atoms with Gasteiger partial charge in [0.2, 0.25) is 0 Å².